The number of aryl methyl sites for hydroxylation is 2. The average molecular weight is 216 g/mol. The zero-order valence-corrected chi connectivity index (χ0v) is 9.68. The molecule has 84 valence electrons. The number of nitrogens with zero attached hydrogens (tertiary/aromatic N) is 2. The molecule has 0 fully saturated rings. The van der Waals surface area contributed by atoms with Crippen molar-refractivity contribution in [1.82, 2.24) is 9.78 Å². The Morgan fingerprint density at radius 3 is 2.56 bits per heavy atom. The maximum atomic E-state index is 5.64. The first-order valence-electron chi connectivity index (χ1n) is 5.37. The Hall–Kier alpha value is -1.61. The van der Waals surface area contributed by atoms with Crippen molar-refractivity contribution in [3.8, 4) is 0 Å². The number of hydrogen-bond acceptors (Lipinski definition) is 2. The maximum Gasteiger partial charge on any atom is 0.0889 e. The zero-order valence-electron chi connectivity index (χ0n) is 9.68. The van der Waals surface area contributed by atoms with Gasteiger partial charge in [0.25, 0.3) is 0 Å². The Balaban J connectivity index is 1.87. The third-order valence-electron chi connectivity index (χ3n) is 2.46. The fraction of sp³-hybridized carbons (Fsp3) is 0.308. The molecule has 0 amide bonds. The lowest BCUT2D eigenvalue weighted by molar-refractivity contribution is 0.102. The topological polar surface area (TPSA) is 27.1 Å². The van der Waals surface area contributed by atoms with Crippen molar-refractivity contribution in [1.29, 1.82) is 0 Å². The van der Waals surface area contributed by atoms with Gasteiger partial charge in [-0.05, 0) is 18.6 Å². The monoisotopic (exact) mass is 216 g/mol. The summed E-state index contributed by atoms with van der Waals surface area (Å²) < 4.78 is 7.50. The number of benzene rings is 1. The Morgan fingerprint density at radius 1 is 1.19 bits per heavy atom. The molecule has 3 nitrogen and oxygen atoms in total. The molecular weight excluding hydrogens is 200 g/mol. The van der Waals surface area contributed by atoms with E-state index in [2.05, 4.69) is 17.2 Å². The van der Waals surface area contributed by atoms with Crippen molar-refractivity contribution in [3.05, 3.63) is 53.3 Å². The summed E-state index contributed by atoms with van der Waals surface area (Å²) in [6, 6.07) is 12.2. The highest BCUT2D eigenvalue weighted by molar-refractivity contribution is 5.13. The van der Waals surface area contributed by atoms with Gasteiger partial charge >= 0.3 is 0 Å². The van der Waals surface area contributed by atoms with Gasteiger partial charge in [-0.15, -0.1) is 0 Å². The average Bonchev–Trinajstić information content (AvgIpc) is 2.59. The summed E-state index contributed by atoms with van der Waals surface area (Å²) in [5, 5.41) is 4.27. The predicted molar refractivity (Wildman–Crippen MR) is 62.9 cm³/mol. The van der Waals surface area contributed by atoms with Crippen molar-refractivity contribution in [2.45, 2.75) is 20.1 Å². The minimum absolute atomic E-state index is 0.603. The van der Waals surface area contributed by atoms with E-state index in [0.29, 0.717) is 13.2 Å². The fourth-order valence-electron chi connectivity index (χ4n) is 1.65. The third kappa shape index (κ3) is 2.70. The lowest BCUT2D eigenvalue weighted by Crippen LogP contribution is -2.01. The Morgan fingerprint density at radius 2 is 1.94 bits per heavy atom. The van der Waals surface area contributed by atoms with Crippen LogP contribution in [0, 0.1) is 6.92 Å². The van der Waals surface area contributed by atoms with E-state index in [-0.39, 0.29) is 0 Å². The van der Waals surface area contributed by atoms with E-state index in [1.165, 1.54) is 5.56 Å². The summed E-state index contributed by atoms with van der Waals surface area (Å²) in [6.45, 7) is 3.23. The van der Waals surface area contributed by atoms with E-state index >= 15 is 0 Å². The molecule has 0 spiro atoms. The van der Waals surface area contributed by atoms with E-state index in [1.807, 2.05) is 42.9 Å². The SMILES string of the molecule is Cc1cc(COCc2ccccc2)n(C)n1. The molecular formula is C13H16N2O. The second kappa shape index (κ2) is 4.94. The van der Waals surface area contributed by atoms with Gasteiger partial charge in [-0.1, -0.05) is 30.3 Å². The maximum absolute atomic E-state index is 5.64. The highest BCUT2D eigenvalue weighted by atomic mass is 16.5. The molecule has 0 saturated heterocycles. The molecule has 2 rings (SSSR count). The van der Waals surface area contributed by atoms with Gasteiger partial charge in [-0.3, -0.25) is 4.68 Å². The van der Waals surface area contributed by atoms with Crippen LogP contribution in [0.4, 0.5) is 0 Å². The van der Waals surface area contributed by atoms with Gasteiger partial charge in [-0.25, -0.2) is 0 Å². The molecule has 16 heavy (non-hydrogen) atoms. The standard InChI is InChI=1S/C13H16N2O/c1-11-8-13(15(2)14-11)10-16-9-12-6-4-3-5-7-12/h3-8H,9-10H2,1-2H3. The molecule has 0 aliphatic heterocycles. The first-order chi connectivity index (χ1) is 7.75. The van der Waals surface area contributed by atoms with E-state index < -0.39 is 0 Å². The van der Waals surface area contributed by atoms with Gasteiger partial charge in [0.1, 0.15) is 0 Å². The molecule has 1 aromatic carbocycles. The normalized spacial score (nSPS) is 10.6. The summed E-state index contributed by atoms with van der Waals surface area (Å²) in [4.78, 5) is 0. The molecule has 0 bridgehead atoms. The molecule has 1 heterocycles. The Labute approximate surface area is 95.7 Å². The number of aromatic nitrogens is 2. The van der Waals surface area contributed by atoms with Crippen LogP contribution in [-0.2, 0) is 25.0 Å². The summed E-state index contributed by atoms with van der Waals surface area (Å²) in [7, 11) is 1.94. The second-order valence-corrected chi connectivity index (χ2v) is 3.88. The molecule has 0 N–H and O–H groups in total. The van der Waals surface area contributed by atoms with Crippen LogP contribution in [-0.4, -0.2) is 9.78 Å². The van der Waals surface area contributed by atoms with Gasteiger partial charge in [0.05, 0.1) is 24.6 Å². The smallest absolute Gasteiger partial charge is 0.0889 e. The Bertz CT molecular complexity index is 448. The number of rotatable bonds is 4. The van der Waals surface area contributed by atoms with Gasteiger partial charge in [0.2, 0.25) is 0 Å². The molecule has 0 saturated carbocycles. The summed E-state index contributed by atoms with van der Waals surface area (Å²) in [5.74, 6) is 0. The molecule has 1 aromatic heterocycles. The number of hydrogen-bond donors (Lipinski definition) is 0. The Kier molecular flexibility index (Phi) is 3.37. The van der Waals surface area contributed by atoms with Crippen molar-refractivity contribution in [2.24, 2.45) is 7.05 Å². The van der Waals surface area contributed by atoms with Gasteiger partial charge in [-0.2, -0.15) is 5.10 Å². The first-order valence-corrected chi connectivity index (χ1v) is 5.37. The zero-order chi connectivity index (χ0) is 11.4. The van der Waals surface area contributed by atoms with E-state index in [9.17, 15) is 0 Å². The van der Waals surface area contributed by atoms with Crippen LogP contribution in [0.15, 0.2) is 36.4 Å². The van der Waals surface area contributed by atoms with E-state index in [4.69, 9.17) is 4.74 Å². The van der Waals surface area contributed by atoms with Crippen LogP contribution in [0.3, 0.4) is 0 Å². The van der Waals surface area contributed by atoms with E-state index in [0.717, 1.165) is 11.4 Å². The first kappa shape index (κ1) is 10.9. The molecule has 3 heteroatoms. The minimum atomic E-state index is 0.603. The van der Waals surface area contributed by atoms with Gasteiger partial charge < -0.3 is 4.74 Å². The lowest BCUT2D eigenvalue weighted by Gasteiger charge is -2.04. The highest BCUT2D eigenvalue weighted by Gasteiger charge is 2.01. The van der Waals surface area contributed by atoms with Crippen LogP contribution >= 0.6 is 0 Å². The fourth-order valence-corrected chi connectivity index (χ4v) is 1.65. The van der Waals surface area contributed by atoms with Crippen molar-refractivity contribution in [2.75, 3.05) is 0 Å². The van der Waals surface area contributed by atoms with Crippen molar-refractivity contribution >= 4 is 0 Å². The van der Waals surface area contributed by atoms with Gasteiger partial charge in [0, 0.05) is 7.05 Å². The third-order valence-corrected chi connectivity index (χ3v) is 2.46. The number of ether oxygens (including phenoxy) is 1. The largest absolute Gasteiger partial charge is 0.370 e. The van der Waals surface area contributed by atoms with Crippen LogP contribution in [0.2, 0.25) is 0 Å². The predicted octanol–water partition coefficient (Wildman–Crippen LogP) is 2.45. The molecule has 0 radical (unpaired) electrons. The van der Waals surface area contributed by atoms with Crippen LogP contribution < -0.4 is 0 Å². The molecule has 0 atom stereocenters. The van der Waals surface area contributed by atoms with Crippen LogP contribution in [0.5, 0.6) is 0 Å². The summed E-state index contributed by atoms with van der Waals surface area (Å²) in [6.07, 6.45) is 0. The minimum Gasteiger partial charge on any atom is -0.370 e. The molecule has 0 unspecified atom stereocenters. The summed E-state index contributed by atoms with van der Waals surface area (Å²) in [5.41, 5.74) is 3.33. The molecule has 0 aliphatic carbocycles. The lowest BCUT2D eigenvalue weighted by atomic mass is 10.2. The van der Waals surface area contributed by atoms with Crippen LogP contribution in [0.25, 0.3) is 0 Å². The summed E-state index contributed by atoms with van der Waals surface area (Å²) >= 11 is 0. The quantitative estimate of drug-likeness (QED) is 0.785. The van der Waals surface area contributed by atoms with E-state index in [1.54, 1.807) is 0 Å². The van der Waals surface area contributed by atoms with Crippen molar-refractivity contribution in [3.63, 3.8) is 0 Å². The van der Waals surface area contributed by atoms with Crippen LogP contribution in [0.1, 0.15) is 17.0 Å². The highest BCUT2D eigenvalue weighted by Crippen LogP contribution is 2.06. The molecule has 2 aromatic rings. The molecule has 0 aliphatic rings. The second-order valence-electron chi connectivity index (χ2n) is 3.88. The van der Waals surface area contributed by atoms with Gasteiger partial charge in [0.15, 0.2) is 0 Å². The van der Waals surface area contributed by atoms with Crippen molar-refractivity contribution < 1.29 is 4.74 Å².